The second kappa shape index (κ2) is 8.51. The molecule has 0 aliphatic carbocycles. The molecule has 1 aliphatic heterocycles. The van der Waals surface area contributed by atoms with Gasteiger partial charge in [-0.2, -0.15) is 0 Å². The number of nitrogens with one attached hydrogen (secondary N) is 2. The third-order valence-corrected chi connectivity index (χ3v) is 3.98. The summed E-state index contributed by atoms with van der Waals surface area (Å²) in [5, 5.41) is 6.25. The number of rotatable bonds is 5. The zero-order valence-corrected chi connectivity index (χ0v) is 14.4. The summed E-state index contributed by atoms with van der Waals surface area (Å²) in [6.07, 6.45) is 0.532. The number of amides is 1. The normalized spacial score (nSPS) is 19.9. The molecule has 0 radical (unpaired) electrons. The molecule has 0 aromatic heterocycles. The Morgan fingerprint density at radius 2 is 2.09 bits per heavy atom. The van der Waals surface area contributed by atoms with Gasteiger partial charge in [0.25, 0.3) is 5.91 Å². The summed E-state index contributed by atoms with van der Waals surface area (Å²) in [4.78, 5) is 12.2. The van der Waals surface area contributed by atoms with Crippen molar-refractivity contribution in [2.45, 2.75) is 44.8 Å². The molecular weight excluding hydrogens is 300 g/mol. The van der Waals surface area contributed by atoms with Crippen LogP contribution in [0, 0.1) is 0 Å². The molecule has 0 spiro atoms. The predicted molar refractivity (Wildman–Crippen MR) is 91.5 cm³/mol. The second-order valence-corrected chi connectivity index (χ2v) is 6.43. The Labute approximate surface area is 139 Å². The van der Waals surface area contributed by atoms with Crippen molar-refractivity contribution >= 4 is 18.3 Å². The SMILES string of the molecule is CC(CC(C)(C)c1ccccc1)NC(=O)C1CNCCO1.Cl. The van der Waals surface area contributed by atoms with Gasteiger partial charge in [0.2, 0.25) is 0 Å². The summed E-state index contributed by atoms with van der Waals surface area (Å²) in [6.45, 7) is 8.50. The van der Waals surface area contributed by atoms with E-state index in [0.29, 0.717) is 13.2 Å². The van der Waals surface area contributed by atoms with Gasteiger partial charge in [-0.1, -0.05) is 44.2 Å². The first kappa shape index (κ1) is 18.9. The summed E-state index contributed by atoms with van der Waals surface area (Å²) in [7, 11) is 0. The molecule has 22 heavy (non-hydrogen) atoms. The van der Waals surface area contributed by atoms with Gasteiger partial charge in [0.1, 0.15) is 6.10 Å². The smallest absolute Gasteiger partial charge is 0.250 e. The molecular formula is C17H27ClN2O2. The van der Waals surface area contributed by atoms with Crippen LogP contribution in [-0.4, -0.2) is 37.7 Å². The van der Waals surface area contributed by atoms with Gasteiger partial charge in [-0.15, -0.1) is 12.4 Å². The lowest BCUT2D eigenvalue weighted by Gasteiger charge is -2.30. The average Bonchev–Trinajstić information content (AvgIpc) is 2.48. The Morgan fingerprint density at radius 3 is 2.68 bits per heavy atom. The topological polar surface area (TPSA) is 50.4 Å². The van der Waals surface area contributed by atoms with Crippen LogP contribution in [0.25, 0.3) is 0 Å². The molecule has 1 saturated heterocycles. The van der Waals surface area contributed by atoms with Gasteiger partial charge in [0.15, 0.2) is 0 Å². The first-order valence-electron chi connectivity index (χ1n) is 7.67. The molecule has 2 N–H and O–H groups in total. The Kier molecular flexibility index (Phi) is 7.33. The molecule has 0 bridgehead atoms. The summed E-state index contributed by atoms with van der Waals surface area (Å²) < 4.78 is 5.48. The molecule has 5 heteroatoms. The minimum Gasteiger partial charge on any atom is -0.366 e. The highest BCUT2D eigenvalue weighted by Crippen LogP contribution is 2.28. The van der Waals surface area contributed by atoms with Crippen LogP contribution in [0.5, 0.6) is 0 Å². The van der Waals surface area contributed by atoms with Crippen molar-refractivity contribution in [3.8, 4) is 0 Å². The zero-order valence-electron chi connectivity index (χ0n) is 13.6. The molecule has 1 aliphatic rings. The third kappa shape index (κ3) is 5.27. The summed E-state index contributed by atoms with van der Waals surface area (Å²) >= 11 is 0. The minimum absolute atomic E-state index is 0. The maximum absolute atomic E-state index is 12.2. The lowest BCUT2D eigenvalue weighted by molar-refractivity contribution is -0.134. The van der Waals surface area contributed by atoms with E-state index in [1.165, 1.54) is 5.56 Å². The van der Waals surface area contributed by atoms with Gasteiger partial charge in [0.05, 0.1) is 6.61 Å². The van der Waals surface area contributed by atoms with Crippen LogP contribution in [0.1, 0.15) is 32.8 Å². The van der Waals surface area contributed by atoms with Crippen molar-refractivity contribution < 1.29 is 9.53 Å². The van der Waals surface area contributed by atoms with Gasteiger partial charge < -0.3 is 15.4 Å². The van der Waals surface area contributed by atoms with Gasteiger partial charge in [-0.05, 0) is 24.3 Å². The zero-order chi connectivity index (χ0) is 15.3. The average molecular weight is 327 g/mol. The van der Waals surface area contributed by atoms with E-state index in [9.17, 15) is 4.79 Å². The Bertz CT molecular complexity index is 459. The van der Waals surface area contributed by atoms with Crippen LogP contribution >= 0.6 is 12.4 Å². The van der Waals surface area contributed by atoms with E-state index in [0.717, 1.165) is 13.0 Å². The van der Waals surface area contributed by atoms with E-state index in [-0.39, 0.29) is 35.9 Å². The molecule has 0 saturated carbocycles. The fourth-order valence-corrected chi connectivity index (χ4v) is 2.89. The van der Waals surface area contributed by atoms with E-state index in [4.69, 9.17) is 4.74 Å². The van der Waals surface area contributed by atoms with E-state index >= 15 is 0 Å². The molecule has 1 amide bonds. The van der Waals surface area contributed by atoms with Crippen molar-refractivity contribution in [1.82, 2.24) is 10.6 Å². The van der Waals surface area contributed by atoms with Gasteiger partial charge in [-0.25, -0.2) is 0 Å². The number of morpholine rings is 1. The predicted octanol–water partition coefficient (Wildman–Crippen LogP) is 2.27. The van der Waals surface area contributed by atoms with Gasteiger partial charge in [-0.3, -0.25) is 4.79 Å². The Hall–Kier alpha value is -1.10. The lowest BCUT2D eigenvalue weighted by atomic mass is 9.79. The summed E-state index contributed by atoms with van der Waals surface area (Å²) in [6, 6.07) is 10.5. The first-order chi connectivity index (χ1) is 9.99. The lowest BCUT2D eigenvalue weighted by Crippen LogP contribution is -2.50. The highest BCUT2D eigenvalue weighted by molar-refractivity contribution is 5.85. The number of hydrogen-bond acceptors (Lipinski definition) is 3. The highest BCUT2D eigenvalue weighted by Gasteiger charge is 2.27. The fraction of sp³-hybridized carbons (Fsp3) is 0.588. The van der Waals surface area contributed by atoms with Crippen LogP contribution in [0.4, 0.5) is 0 Å². The van der Waals surface area contributed by atoms with E-state index in [1.807, 2.05) is 6.07 Å². The highest BCUT2D eigenvalue weighted by atomic mass is 35.5. The van der Waals surface area contributed by atoms with Crippen molar-refractivity contribution in [3.05, 3.63) is 35.9 Å². The first-order valence-corrected chi connectivity index (χ1v) is 7.67. The standard InChI is InChI=1S/C17H26N2O2.ClH/c1-13(19-16(20)15-12-18-9-10-21-15)11-17(2,3)14-7-5-4-6-8-14;/h4-8,13,15,18H,9-12H2,1-3H3,(H,19,20);1H. The number of benzene rings is 1. The molecule has 2 rings (SSSR count). The van der Waals surface area contributed by atoms with E-state index in [2.05, 4.69) is 55.7 Å². The third-order valence-electron chi connectivity index (χ3n) is 3.98. The van der Waals surface area contributed by atoms with Crippen molar-refractivity contribution in [2.24, 2.45) is 0 Å². The molecule has 1 heterocycles. The molecule has 124 valence electrons. The monoisotopic (exact) mass is 326 g/mol. The fourth-order valence-electron chi connectivity index (χ4n) is 2.89. The Morgan fingerprint density at radius 1 is 1.41 bits per heavy atom. The molecule has 1 fully saturated rings. The molecule has 1 aromatic rings. The number of carbonyl (C=O) groups excluding carboxylic acids is 1. The van der Waals surface area contributed by atoms with E-state index < -0.39 is 0 Å². The summed E-state index contributed by atoms with van der Waals surface area (Å²) in [5.74, 6) is -0.0152. The molecule has 4 nitrogen and oxygen atoms in total. The van der Waals surface area contributed by atoms with Crippen LogP contribution < -0.4 is 10.6 Å². The number of carbonyl (C=O) groups is 1. The van der Waals surface area contributed by atoms with Crippen molar-refractivity contribution in [3.63, 3.8) is 0 Å². The molecule has 1 aromatic carbocycles. The minimum atomic E-state index is -0.360. The molecule has 2 atom stereocenters. The maximum Gasteiger partial charge on any atom is 0.250 e. The van der Waals surface area contributed by atoms with Gasteiger partial charge in [0, 0.05) is 19.1 Å². The largest absolute Gasteiger partial charge is 0.366 e. The van der Waals surface area contributed by atoms with Crippen molar-refractivity contribution in [2.75, 3.05) is 19.7 Å². The molecule has 2 unspecified atom stereocenters. The number of hydrogen-bond donors (Lipinski definition) is 2. The van der Waals surface area contributed by atoms with Crippen molar-refractivity contribution in [1.29, 1.82) is 0 Å². The summed E-state index contributed by atoms with van der Waals surface area (Å²) in [5.41, 5.74) is 1.32. The number of ether oxygens (including phenoxy) is 1. The maximum atomic E-state index is 12.2. The van der Waals surface area contributed by atoms with Crippen LogP contribution in [-0.2, 0) is 14.9 Å². The Balaban J connectivity index is 0.00000242. The second-order valence-electron chi connectivity index (χ2n) is 6.43. The van der Waals surface area contributed by atoms with E-state index in [1.54, 1.807) is 0 Å². The van der Waals surface area contributed by atoms with Gasteiger partial charge >= 0.3 is 0 Å². The van der Waals surface area contributed by atoms with Crippen LogP contribution in [0.2, 0.25) is 0 Å². The number of halogens is 1. The van der Waals surface area contributed by atoms with Crippen LogP contribution in [0.3, 0.4) is 0 Å². The van der Waals surface area contributed by atoms with Crippen LogP contribution in [0.15, 0.2) is 30.3 Å². The quantitative estimate of drug-likeness (QED) is 0.872.